The maximum atomic E-state index is 5.74. The van der Waals surface area contributed by atoms with Crippen molar-refractivity contribution >= 4 is 17.4 Å². The minimum Gasteiger partial charge on any atom is -0.399 e. The zero-order valence-electron chi connectivity index (χ0n) is 8.51. The second-order valence-electron chi connectivity index (χ2n) is 3.21. The van der Waals surface area contributed by atoms with Crippen LogP contribution in [-0.2, 0) is 7.05 Å². The van der Waals surface area contributed by atoms with E-state index in [4.69, 9.17) is 5.73 Å². The van der Waals surface area contributed by atoms with E-state index in [0.717, 1.165) is 21.3 Å². The summed E-state index contributed by atoms with van der Waals surface area (Å²) in [5.74, 6) is 0. The highest BCUT2D eigenvalue weighted by atomic mass is 32.2. The average Bonchev–Trinajstić information content (AvgIpc) is 2.59. The highest BCUT2D eigenvalue weighted by Gasteiger charge is 2.05. The van der Waals surface area contributed by atoms with Crippen LogP contribution in [0.2, 0.25) is 0 Å². The predicted octanol–water partition coefficient (Wildman–Crippen LogP) is 1.25. The van der Waals surface area contributed by atoms with Gasteiger partial charge in [0.2, 0.25) is 5.16 Å². The molecule has 0 aliphatic heterocycles. The lowest BCUT2D eigenvalue weighted by atomic mass is 10.2. The van der Waals surface area contributed by atoms with Crippen LogP contribution in [0.15, 0.2) is 28.3 Å². The minimum atomic E-state index is 0.763. The van der Waals surface area contributed by atoms with Crippen LogP contribution in [0.5, 0.6) is 0 Å². The van der Waals surface area contributed by atoms with E-state index in [-0.39, 0.29) is 0 Å². The Labute approximate surface area is 91.7 Å². The van der Waals surface area contributed by atoms with Crippen molar-refractivity contribution in [2.24, 2.45) is 7.05 Å². The van der Waals surface area contributed by atoms with Crippen molar-refractivity contribution in [3.63, 3.8) is 0 Å². The lowest BCUT2D eigenvalue weighted by Gasteiger charge is -2.03. The molecule has 0 amide bonds. The number of nitrogens with two attached hydrogens (primary N) is 1. The Bertz CT molecular complexity index is 479. The molecule has 0 radical (unpaired) electrons. The van der Waals surface area contributed by atoms with Gasteiger partial charge in [-0.1, -0.05) is 0 Å². The summed E-state index contributed by atoms with van der Waals surface area (Å²) < 4.78 is 1.64. The molecule has 5 nitrogen and oxygen atoms in total. The molecule has 0 bridgehead atoms. The van der Waals surface area contributed by atoms with Crippen LogP contribution in [-0.4, -0.2) is 20.2 Å². The summed E-state index contributed by atoms with van der Waals surface area (Å²) in [4.78, 5) is 1.08. The molecule has 1 heterocycles. The summed E-state index contributed by atoms with van der Waals surface area (Å²) in [7, 11) is 1.81. The van der Waals surface area contributed by atoms with Gasteiger partial charge in [-0.2, -0.15) is 0 Å². The molecule has 1 aromatic heterocycles. The minimum absolute atomic E-state index is 0.763. The number of nitrogen functional groups attached to an aromatic ring is 1. The van der Waals surface area contributed by atoms with E-state index in [1.807, 2.05) is 32.2 Å². The molecule has 0 aliphatic rings. The van der Waals surface area contributed by atoms with E-state index in [9.17, 15) is 0 Å². The monoisotopic (exact) mass is 221 g/mol. The van der Waals surface area contributed by atoms with Gasteiger partial charge in [0.15, 0.2) is 0 Å². The molecule has 0 fully saturated rings. The van der Waals surface area contributed by atoms with Crippen LogP contribution in [0.25, 0.3) is 0 Å². The molecule has 0 spiro atoms. The Morgan fingerprint density at radius 1 is 1.40 bits per heavy atom. The molecule has 0 aliphatic carbocycles. The smallest absolute Gasteiger partial charge is 0.213 e. The summed E-state index contributed by atoms with van der Waals surface area (Å²) in [5, 5.41) is 12.0. The van der Waals surface area contributed by atoms with Gasteiger partial charge in [-0.3, -0.25) is 0 Å². The number of hydrogen-bond acceptors (Lipinski definition) is 5. The first kappa shape index (κ1) is 9.97. The molecule has 0 unspecified atom stereocenters. The molecule has 0 saturated carbocycles. The molecule has 1 aromatic carbocycles. The van der Waals surface area contributed by atoms with E-state index in [1.54, 1.807) is 4.68 Å². The van der Waals surface area contributed by atoms with E-state index in [1.165, 1.54) is 11.8 Å². The summed E-state index contributed by atoms with van der Waals surface area (Å²) >= 11 is 1.52. The number of aromatic nitrogens is 4. The largest absolute Gasteiger partial charge is 0.399 e. The van der Waals surface area contributed by atoms with Crippen LogP contribution in [0, 0.1) is 6.92 Å². The maximum absolute atomic E-state index is 5.74. The third kappa shape index (κ3) is 2.10. The molecule has 6 heteroatoms. The van der Waals surface area contributed by atoms with E-state index in [2.05, 4.69) is 15.5 Å². The average molecular weight is 221 g/mol. The first-order valence-electron chi connectivity index (χ1n) is 4.43. The highest BCUT2D eigenvalue weighted by molar-refractivity contribution is 7.99. The normalized spacial score (nSPS) is 10.5. The zero-order chi connectivity index (χ0) is 10.8. The molecular formula is C9H11N5S. The van der Waals surface area contributed by atoms with Crippen LogP contribution in [0.1, 0.15) is 5.56 Å². The molecule has 2 rings (SSSR count). The van der Waals surface area contributed by atoms with Crippen LogP contribution in [0.4, 0.5) is 5.69 Å². The Hall–Kier alpha value is -1.56. The quantitative estimate of drug-likeness (QED) is 0.773. The molecule has 0 atom stereocenters. The lowest BCUT2D eigenvalue weighted by molar-refractivity contribution is 0.664. The Balaban J connectivity index is 2.25. The molecule has 78 valence electrons. The fourth-order valence-corrected chi connectivity index (χ4v) is 1.95. The first-order valence-corrected chi connectivity index (χ1v) is 5.25. The highest BCUT2D eigenvalue weighted by Crippen LogP contribution is 2.27. The van der Waals surface area contributed by atoms with Gasteiger partial charge in [-0.05, 0) is 52.9 Å². The van der Waals surface area contributed by atoms with Crippen LogP contribution < -0.4 is 5.73 Å². The van der Waals surface area contributed by atoms with Crippen molar-refractivity contribution in [2.45, 2.75) is 17.0 Å². The van der Waals surface area contributed by atoms with Gasteiger partial charge in [0, 0.05) is 17.6 Å². The van der Waals surface area contributed by atoms with E-state index < -0.39 is 0 Å². The number of tetrazole rings is 1. The molecular weight excluding hydrogens is 210 g/mol. The second kappa shape index (κ2) is 3.90. The van der Waals surface area contributed by atoms with Crippen molar-refractivity contribution in [3.05, 3.63) is 23.8 Å². The van der Waals surface area contributed by atoms with E-state index in [0.29, 0.717) is 0 Å². The van der Waals surface area contributed by atoms with Crippen molar-refractivity contribution in [2.75, 3.05) is 5.73 Å². The molecule has 0 saturated heterocycles. The number of aryl methyl sites for hydroxylation is 2. The lowest BCUT2D eigenvalue weighted by Crippen LogP contribution is -1.93. The standard InChI is InChI=1S/C9H11N5S/c1-6-5-7(3-4-8(6)10)15-9-11-12-13-14(9)2/h3-5H,10H2,1-2H3. The fraction of sp³-hybridized carbons (Fsp3) is 0.222. The van der Waals surface area contributed by atoms with Gasteiger partial charge < -0.3 is 5.73 Å². The topological polar surface area (TPSA) is 69.6 Å². The molecule has 15 heavy (non-hydrogen) atoms. The van der Waals surface area contributed by atoms with Gasteiger partial charge in [-0.15, -0.1) is 5.10 Å². The number of nitrogens with zero attached hydrogens (tertiary/aromatic N) is 4. The van der Waals surface area contributed by atoms with Crippen molar-refractivity contribution in [1.82, 2.24) is 20.2 Å². The van der Waals surface area contributed by atoms with Crippen molar-refractivity contribution < 1.29 is 0 Å². The number of benzene rings is 1. The Morgan fingerprint density at radius 3 is 2.80 bits per heavy atom. The summed E-state index contributed by atoms with van der Waals surface area (Å²) in [6, 6.07) is 5.87. The predicted molar refractivity (Wildman–Crippen MR) is 58.5 cm³/mol. The second-order valence-corrected chi connectivity index (χ2v) is 4.25. The number of anilines is 1. The Kier molecular flexibility index (Phi) is 2.59. The summed E-state index contributed by atoms with van der Waals surface area (Å²) in [6.07, 6.45) is 0. The first-order chi connectivity index (χ1) is 7.16. The Morgan fingerprint density at radius 2 is 2.20 bits per heavy atom. The molecule has 2 aromatic rings. The SMILES string of the molecule is Cc1cc(Sc2nnnn2C)ccc1N. The third-order valence-electron chi connectivity index (χ3n) is 2.03. The van der Waals surface area contributed by atoms with Gasteiger partial charge in [0.1, 0.15) is 0 Å². The van der Waals surface area contributed by atoms with E-state index >= 15 is 0 Å². The van der Waals surface area contributed by atoms with Crippen LogP contribution in [0.3, 0.4) is 0 Å². The van der Waals surface area contributed by atoms with Crippen LogP contribution >= 0.6 is 11.8 Å². The van der Waals surface area contributed by atoms with Gasteiger partial charge in [0.05, 0.1) is 0 Å². The molecule has 2 N–H and O–H groups in total. The van der Waals surface area contributed by atoms with Crippen molar-refractivity contribution in [1.29, 1.82) is 0 Å². The van der Waals surface area contributed by atoms with Crippen molar-refractivity contribution in [3.8, 4) is 0 Å². The van der Waals surface area contributed by atoms with Gasteiger partial charge in [0.25, 0.3) is 0 Å². The summed E-state index contributed by atoms with van der Waals surface area (Å²) in [6.45, 7) is 1.98. The summed E-state index contributed by atoms with van der Waals surface area (Å²) in [5.41, 5.74) is 7.60. The zero-order valence-corrected chi connectivity index (χ0v) is 9.32. The fourth-order valence-electron chi connectivity index (χ4n) is 1.12. The number of rotatable bonds is 2. The maximum Gasteiger partial charge on any atom is 0.213 e. The van der Waals surface area contributed by atoms with Gasteiger partial charge >= 0.3 is 0 Å². The number of hydrogen-bond donors (Lipinski definition) is 1. The third-order valence-corrected chi connectivity index (χ3v) is 3.05. The van der Waals surface area contributed by atoms with Gasteiger partial charge in [-0.25, -0.2) is 4.68 Å².